The molecule has 6 N–H and O–H groups in total. The van der Waals surface area contributed by atoms with E-state index in [0.29, 0.717) is 33.4 Å². The Labute approximate surface area is 459 Å². The standard InChI is InChI=1S/C55H76BrN7O14/c1-31-26-36(56)27-32(2)43(31)46(65)61-39(16-15-21-57-50(69)75-53(4,5)6)48(67)63(13)44-35-18-20-42(74-25-23-59-52(71)77-55(10,11)12)38(30-35)37-28-34(17-19-41(37)73-24-22-58-51(70)76-54(7,8)9)29-40(49(68)72-14)62-45(64)33(3)60-47(44)66/h17-20,26-28,30,33,39-40,44H,15-16,21-25,29H2,1-14H3,(H,57,69)(H,58,70)(H,59,71)(H,60,66)(H,61,65)(H,62,64)/t33-,39-,40-,44-/m0/s1. The van der Waals surface area contributed by atoms with E-state index >= 15 is 4.79 Å². The Balaban J connectivity index is 1.90. The number of hydrogen-bond donors (Lipinski definition) is 6. The van der Waals surface area contributed by atoms with E-state index in [9.17, 15) is 33.6 Å². The van der Waals surface area contributed by atoms with Gasteiger partial charge in [0.2, 0.25) is 17.7 Å². The number of aryl methyl sites for hydroxylation is 2. The number of halogens is 1. The van der Waals surface area contributed by atoms with Gasteiger partial charge in [0, 0.05) is 41.2 Å². The second-order valence-electron chi connectivity index (χ2n) is 21.5. The minimum absolute atomic E-state index is 0.00691. The van der Waals surface area contributed by atoms with E-state index in [0.717, 1.165) is 9.37 Å². The number of amides is 7. The van der Waals surface area contributed by atoms with Gasteiger partial charge < -0.3 is 65.2 Å². The van der Waals surface area contributed by atoms with Crippen LogP contribution in [0.1, 0.15) is 121 Å². The normalized spacial score (nSPS) is 16.2. The molecule has 1 aliphatic heterocycles. The van der Waals surface area contributed by atoms with Crippen molar-refractivity contribution in [2.45, 2.75) is 143 Å². The van der Waals surface area contributed by atoms with Gasteiger partial charge in [0.1, 0.15) is 65.7 Å². The number of fused-ring (bicyclic) bond motifs is 5. The van der Waals surface area contributed by atoms with Crippen LogP contribution in [0, 0.1) is 13.8 Å². The molecule has 0 unspecified atom stereocenters. The van der Waals surface area contributed by atoms with Crippen LogP contribution in [0.25, 0.3) is 11.1 Å². The number of hydrogen-bond acceptors (Lipinski definition) is 14. The Hall–Kier alpha value is -7.10. The summed E-state index contributed by atoms with van der Waals surface area (Å²) in [5.41, 5.74) is 0.786. The first-order chi connectivity index (χ1) is 35.9. The lowest BCUT2D eigenvalue weighted by molar-refractivity contribution is -0.145. The molecule has 0 aliphatic carbocycles. The molecule has 4 rings (SSSR count). The third-order valence-electron chi connectivity index (χ3n) is 11.4. The molecule has 22 heteroatoms. The number of methoxy groups -OCH3 is 1. The number of rotatable bonds is 17. The summed E-state index contributed by atoms with van der Waals surface area (Å²) in [4.78, 5) is 110. The smallest absolute Gasteiger partial charge is 0.407 e. The number of carbonyl (C=O) groups excluding carboxylic acids is 8. The quantitative estimate of drug-likeness (QED) is 0.0458. The zero-order chi connectivity index (χ0) is 57.6. The zero-order valence-electron chi connectivity index (χ0n) is 46.6. The van der Waals surface area contributed by atoms with Gasteiger partial charge in [0.05, 0.1) is 20.2 Å². The van der Waals surface area contributed by atoms with E-state index in [-0.39, 0.29) is 69.2 Å². The van der Waals surface area contributed by atoms with Crippen LogP contribution in [-0.2, 0) is 44.5 Å². The number of benzene rings is 3. The molecule has 3 aromatic rings. The van der Waals surface area contributed by atoms with Gasteiger partial charge in [-0.2, -0.15) is 0 Å². The van der Waals surface area contributed by atoms with Gasteiger partial charge in [0.25, 0.3) is 5.91 Å². The van der Waals surface area contributed by atoms with Crippen LogP contribution in [0.15, 0.2) is 53.0 Å². The zero-order valence-corrected chi connectivity index (χ0v) is 48.2. The van der Waals surface area contributed by atoms with Gasteiger partial charge in [-0.3, -0.25) is 19.2 Å². The fourth-order valence-corrected chi connectivity index (χ4v) is 8.75. The summed E-state index contributed by atoms with van der Waals surface area (Å²) in [7, 11) is 2.57. The summed E-state index contributed by atoms with van der Waals surface area (Å²) in [6.07, 6.45) is -1.89. The van der Waals surface area contributed by atoms with E-state index in [1.807, 2.05) is 0 Å². The summed E-state index contributed by atoms with van der Waals surface area (Å²) in [6, 6.07) is 8.08. The summed E-state index contributed by atoms with van der Waals surface area (Å²) >= 11 is 3.47. The van der Waals surface area contributed by atoms with Crippen LogP contribution in [0.4, 0.5) is 14.4 Å². The number of ether oxygens (including phenoxy) is 6. The second kappa shape index (κ2) is 27.3. The van der Waals surface area contributed by atoms with Gasteiger partial charge in [-0.05, 0) is 155 Å². The molecule has 0 radical (unpaired) electrons. The third-order valence-corrected chi connectivity index (χ3v) is 11.8. The van der Waals surface area contributed by atoms with E-state index in [4.69, 9.17) is 28.4 Å². The molecule has 0 spiro atoms. The second-order valence-corrected chi connectivity index (χ2v) is 22.4. The van der Waals surface area contributed by atoms with Crippen molar-refractivity contribution in [1.82, 2.24) is 36.8 Å². The van der Waals surface area contributed by atoms with Gasteiger partial charge >= 0.3 is 24.2 Å². The maximum absolute atomic E-state index is 15.2. The van der Waals surface area contributed by atoms with Crippen molar-refractivity contribution in [3.8, 4) is 22.6 Å². The van der Waals surface area contributed by atoms with E-state index in [1.165, 1.54) is 21.1 Å². The molecule has 1 heterocycles. The molecule has 77 heavy (non-hydrogen) atoms. The van der Waals surface area contributed by atoms with Gasteiger partial charge in [-0.15, -0.1) is 0 Å². The molecule has 21 nitrogen and oxygen atoms in total. The lowest BCUT2D eigenvalue weighted by Crippen LogP contribution is -2.55. The van der Waals surface area contributed by atoms with Gasteiger partial charge in [-0.1, -0.05) is 28.1 Å². The highest BCUT2D eigenvalue weighted by Crippen LogP contribution is 2.40. The Morgan fingerprint density at radius 2 is 1.19 bits per heavy atom. The predicted molar refractivity (Wildman–Crippen MR) is 290 cm³/mol. The highest BCUT2D eigenvalue weighted by atomic mass is 79.9. The molecule has 1 aliphatic rings. The average Bonchev–Trinajstić information content (AvgIpc) is 3.30. The van der Waals surface area contributed by atoms with Crippen molar-refractivity contribution < 1.29 is 66.8 Å². The first kappa shape index (κ1) is 62.4. The van der Waals surface area contributed by atoms with Crippen molar-refractivity contribution in [2.24, 2.45) is 0 Å². The Bertz CT molecular complexity index is 2620. The van der Waals surface area contributed by atoms with Crippen molar-refractivity contribution >= 4 is 63.8 Å². The summed E-state index contributed by atoms with van der Waals surface area (Å²) < 4.78 is 34.7. The molecule has 3 aromatic carbocycles. The van der Waals surface area contributed by atoms with Crippen molar-refractivity contribution in [3.05, 3.63) is 80.8 Å². The minimum Gasteiger partial charge on any atom is -0.491 e. The number of likely N-dealkylation sites (N-methyl/N-ethyl adjacent to an activating group) is 1. The van der Waals surface area contributed by atoms with Crippen LogP contribution in [-0.4, -0.2) is 135 Å². The number of nitrogens with one attached hydrogen (secondary N) is 6. The minimum atomic E-state index is -1.51. The number of nitrogens with zero attached hydrogens (tertiary/aromatic N) is 1. The lowest BCUT2D eigenvalue weighted by atomic mass is 9.93. The molecule has 4 atom stereocenters. The molecule has 4 bridgehead atoms. The van der Waals surface area contributed by atoms with Gasteiger partial charge in [0.15, 0.2) is 0 Å². The van der Waals surface area contributed by atoms with E-state index < -0.39 is 88.8 Å². The summed E-state index contributed by atoms with van der Waals surface area (Å²) in [6.45, 7) is 20.5. The van der Waals surface area contributed by atoms with Gasteiger partial charge in [-0.25, -0.2) is 19.2 Å². The van der Waals surface area contributed by atoms with E-state index in [2.05, 4.69) is 47.8 Å². The molecular formula is C55H76BrN7O14. The maximum Gasteiger partial charge on any atom is 0.407 e. The Morgan fingerprint density at radius 1 is 0.701 bits per heavy atom. The van der Waals surface area contributed by atoms with Crippen molar-refractivity contribution in [2.75, 3.05) is 47.0 Å². The number of alkyl carbamates (subject to hydrolysis) is 3. The van der Waals surface area contributed by atoms with Crippen LogP contribution < -0.4 is 41.4 Å². The summed E-state index contributed by atoms with van der Waals surface area (Å²) in [5.74, 6) is -3.07. The first-order valence-electron chi connectivity index (χ1n) is 25.3. The monoisotopic (exact) mass is 1140 g/mol. The molecular weight excluding hydrogens is 1060 g/mol. The SMILES string of the molecule is COC(=O)[C@@H]1Cc2ccc(OCCNC(=O)OC(C)(C)C)c(c2)-c2cc(ccc2OCCNC(=O)OC(C)(C)C)[C@H](N(C)C(=O)[C@H](CCCNC(=O)OC(C)(C)C)NC(=O)c2c(C)cc(Br)cc2C)C(=O)N[C@@H](C)C(=O)N1. The average molecular weight is 1140 g/mol. The largest absolute Gasteiger partial charge is 0.491 e. The molecule has 0 saturated carbocycles. The lowest BCUT2D eigenvalue weighted by Gasteiger charge is -2.33. The molecule has 7 amide bonds. The van der Waals surface area contributed by atoms with Crippen LogP contribution in [0.3, 0.4) is 0 Å². The number of esters is 1. The number of carbonyl (C=O) groups is 8. The third kappa shape index (κ3) is 19.8. The van der Waals surface area contributed by atoms with Crippen LogP contribution >= 0.6 is 15.9 Å². The van der Waals surface area contributed by atoms with E-state index in [1.54, 1.807) is 125 Å². The first-order valence-corrected chi connectivity index (χ1v) is 26.1. The van der Waals surface area contributed by atoms with Crippen molar-refractivity contribution in [1.29, 1.82) is 0 Å². The van der Waals surface area contributed by atoms with Crippen molar-refractivity contribution in [3.63, 3.8) is 0 Å². The predicted octanol–water partition coefficient (Wildman–Crippen LogP) is 6.86. The molecule has 0 fully saturated rings. The highest BCUT2D eigenvalue weighted by molar-refractivity contribution is 9.10. The fraction of sp³-hybridized carbons (Fsp3) is 0.527. The maximum atomic E-state index is 15.2. The topological polar surface area (TPSA) is 267 Å². The summed E-state index contributed by atoms with van der Waals surface area (Å²) in [5, 5.41) is 16.3. The molecule has 0 aromatic heterocycles. The fourth-order valence-electron chi connectivity index (χ4n) is 8.07. The Morgan fingerprint density at radius 3 is 1.70 bits per heavy atom. The molecule has 0 saturated heterocycles. The van der Waals surface area contributed by atoms with Crippen LogP contribution in [0.2, 0.25) is 0 Å². The highest BCUT2D eigenvalue weighted by Gasteiger charge is 2.37. The molecule has 422 valence electrons. The Kier molecular flexibility index (Phi) is 22.1. The van der Waals surface area contributed by atoms with Crippen LogP contribution in [0.5, 0.6) is 11.5 Å².